The molecule has 0 aliphatic rings. The molecule has 0 unspecified atom stereocenters. The lowest BCUT2D eigenvalue weighted by atomic mass is 10.1. The van der Waals surface area contributed by atoms with Gasteiger partial charge in [0.1, 0.15) is 6.61 Å². The lowest BCUT2D eigenvalue weighted by molar-refractivity contribution is -0.145. The number of unbranched alkanes of at least 4 members (excludes halogenated alkanes) is 4. The molecule has 49 heavy (non-hydrogen) atoms. The van der Waals surface area contributed by atoms with E-state index in [0.29, 0.717) is 172 Å². The Morgan fingerprint density at radius 2 is 0.592 bits per heavy atom. The van der Waals surface area contributed by atoms with Crippen molar-refractivity contribution in [2.24, 2.45) is 5.73 Å². The molecule has 2 N–H and O–H groups in total. The van der Waals surface area contributed by atoms with Crippen LogP contribution in [0.2, 0.25) is 0 Å². The molecule has 0 aliphatic carbocycles. The van der Waals surface area contributed by atoms with Gasteiger partial charge in [-0.15, -0.1) is 0 Å². The minimum atomic E-state index is -0.149. The number of esters is 1. The van der Waals surface area contributed by atoms with Crippen LogP contribution in [0.15, 0.2) is 0 Å². The van der Waals surface area contributed by atoms with Crippen LogP contribution in [0.3, 0.4) is 0 Å². The zero-order valence-corrected chi connectivity index (χ0v) is 30.4. The molecule has 0 aromatic rings. The zero-order valence-electron chi connectivity index (χ0n) is 30.4. The Kier molecular flexibility index (Phi) is 44.0. The number of hydrogen-bond acceptors (Lipinski definition) is 15. The molecule has 15 nitrogen and oxygen atoms in total. The third-order valence-electron chi connectivity index (χ3n) is 6.33. The highest BCUT2D eigenvalue weighted by molar-refractivity contribution is 5.69. The van der Waals surface area contributed by atoms with Crippen LogP contribution in [0.5, 0.6) is 0 Å². The maximum atomic E-state index is 11.6. The summed E-state index contributed by atoms with van der Waals surface area (Å²) < 4.78 is 70.3. The normalized spacial score (nSPS) is 11.5. The third-order valence-corrected chi connectivity index (χ3v) is 6.33. The highest BCUT2D eigenvalue weighted by Gasteiger charge is 2.02. The van der Waals surface area contributed by atoms with Crippen molar-refractivity contribution in [2.45, 2.75) is 45.4 Å². The van der Waals surface area contributed by atoms with Gasteiger partial charge in [0.15, 0.2) is 0 Å². The first-order valence-corrected chi connectivity index (χ1v) is 18.1. The van der Waals surface area contributed by atoms with Crippen molar-refractivity contribution < 1.29 is 66.4 Å². The molecule has 0 aliphatic heterocycles. The highest BCUT2D eigenvalue weighted by Crippen LogP contribution is 2.05. The van der Waals surface area contributed by atoms with E-state index in [-0.39, 0.29) is 12.6 Å². The molecule has 0 amide bonds. The molecule has 0 aromatic carbocycles. The van der Waals surface area contributed by atoms with E-state index in [1.54, 1.807) is 0 Å². The number of rotatable bonds is 44. The van der Waals surface area contributed by atoms with E-state index in [1.807, 2.05) is 0 Å². The second-order valence-corrected chi connectivity index (χ2v) is 10.5. The van der Waals surface area contributed by atoms with E-state index >= 15 is 0 Å². The van der Waals surface area contributed by atoms with E-state index in [0.717, 1.165) is 12.8 Å². The van der Waals surface area contributed by atoms with E-state index in [1.165, 1.54) is 19.3 Å². The average Bonchev–Trinajstić information content (AvgIpc) is 3.11. The molecule has 0 fully saturated rings. The summed E-state index contributed by atoms with van der Waals surface area (Å²) in [5, 5.41) is 0. The van der Waals surface area contributed by atoms with Crippen molar-refractivity contribution >= 4 is 5.97 Å². The van der Waals surface area contributed by atoms with Gasteiger partial charge in [-0.25, -0.2) is 0 Å². The third kappa shape index (κ3) is 44.9. The zero-order chi connectivity index (χ0) is 35.4. The minimum absolute atomic E-state index is 0.149. The van der Waals surface area contributed by atoms with Gasteiger partial charge in [0, 0.05) is 13.0 Å². The van der Waals surface area contributed by atoms with Gasteiger partial charge in [-0.05, 0) is 6.42 Å². The SMILES string of the molecule is CCCCCCCC(=O)OCCOCCOCCOCCOCCOCCOCCOCCOCCOCCOCCOCCOCCN. The molecular weight excluding hydrogens is 646 g/mol. The first-order chi connectivity index (χ1) is 24.3. The number of hydrogen-bond donors (Lipinski definition) is 1. The van der Waals surface area contributed by atoms with Gasteiger partial charge in [-0.3, -0.25) is 4.79 Å². The molecule has 294 valence electrons. The van der Waals surface area contributed by atoms with E-state index in [9.17, 15) is 4.79 Å². The van der Waals surface area contributed by atoms with Crippen molar-refractivity contribution in [2.75, 3.05) is 172 Å². The lowest BCUT2D eigenvalue weighted by Gasteiger charge is -2.09. The van der Waals surface area contributed by atoms with Gasteiger partial charge in [0.2, 0.25) is 0 Å². The summed E-state index contributed by atoms with van der Waals surface area (Å²) in [5.74, 6) is -0.149. The van der Waals surface area contributed by atoms with Crippen LogP contribution in [-0.4, -0.2) is 178 Å². The molecule has 0 atom stereocenters. The Morgan fingerprint density at radius 3 is 0.857 bits per heavy atom. The van der Waals surface area contributed by atoms with Gasteiger partial charge in [-0.1, -0.05) is 32.6 Å². The summed E-state index contributed by atoms with van der Waals surface area (Å²) in [4.78, 5) is 11.6. The quantitative estimate of drug-likeness (QED) is 0.0720. The van der Waals surface area contributed by atoms with Crippen LogP contribution in [0, 0.1) is 0 Å². The lowest BCUT2D eigenvalue weighted by Crippen LogP contribution is -2.16. The van der Waals surface area contributed by atoms with Gasteiger partial charge in [0.25, 0.3) is 0 Å². The molecule has 15 heteroatoms. The van der Waals surface area contributed by atoms with Crippen molar-refractivity contribution in [1.82, 2.24) is 0 Å². The van der Waals surface area contributed by atoms with Gasteiger partial charge >= 0.3 is 5.97 Å². The second kappa shape index (κ2) is 45.0. The van der Waals surface area contributed by atoms with Crippen molar-refractivity contribution in [3.8, 4) is 0 Å². The molecule has 0 saturated heterocycles. The van der Waals surface area contributed by atoms with E-state index < -0.39 is 0 Å². The molecule has 0 rings (SSSR count). The predicted molar refractivity (Wildman–Crippen MR) is 183 cm³/mol. The summed E-state index contributed by atoms with van der Waals surface area (Å²) in [7, 11) is 0. The molecule has 0 aromatic heterocycles. The molecule has 0 bridgehead atoms. The van der Waals surface area contributed by atoms with Crippen LogP contribution in [0.4, 0.5) is 0 Å². The fraction of sp³-hybridized carbons (Fsp3) is 0.971. The van der Waals surface area contributed by atoms with Gasteiger partial charge < -0.3 is 67.3 Å². The summed E-state index contributed by atoms with van der Waals surface area (Å²) in [6.07, 6.45) is 6.07. The van der Waals surface area contributed by atoms with Crippen LogP contribution in [0.1, 0.15) is 45.4 Å². The summed E-state index contributed by atoms with van der Waals surface area (Å²) >= 11 is 0. The first-order valence-electron chi connectivity index (χ1n) is 18.1. The van der Waals surface area contributed by atoms with Crippen molar-refractivity contribution in [1.29, 1.82) is 0 Å². The Morgan fingerprint density at radius 1 is 0.347 bits per heavy atom. The molecular formula is C34H69NO14. The fourth-order valence-corrected chi connectivity index (χ4v) is 3.76. The Labute approximate surface area is 295 Å². The summed E-state index contributed by atoms with van der Waals surface area (Å²) in [5.41, 5.74) is 5.33. The Hall–Kier alpha value is -1.05. The number of ether oxygens (including phenoxy) is 13. The fourth-order valence-electron chi connectivity index (χ4n) is 3.76. The van der Waals surface area contributed by atoms with Gasteiger partial charge in [0.05, 0.1) is 159 Å². The Bertz CT molecular complexity index is 623. The highest BCUT2D eigenvalue weighted by atomic mass is 16.6. The number of nitrogens with two attached hydrogens (primary N) is 1. The minimum Gasteiger partial charge on any atom is -0.463 e. The van der Waals surface area contributed by atoms with Gasteiger partial charge in [-0.2, -0.15) is 0 Å². The van der Waals surface area contributed by atoms with Crippen molar-refractivity contribution in [3.63, 3.8) is 0 Å². The Balaban J connectivity index is 3.08. The summed E-state index contributed by atoms with van der Waals surface area (Å²) in [6.45, 7) is 15.0. The summed E-state index contributed by atoms with van der Waals surface area (Å²) in [6, 6.07) is 0. The monoisotopic (exact) mass is 715 g/mol. The van der Waals surface area contributed by atoms with Crippen LogP contribution >= 0.6 is 0 Å². The largest absolute Gasteiger partial charge is 0.463 e. The standard InChI is InChI=1S/C34H69NO14/c1-2-3-4-5-6-7-34(36)49-33-32-48-31-30-47-29-28-46-27-26-45-25-24-44-23-22-43-21-20-42-19-18-41-17-16-40-15-14-39-13-12-38-11-10-37-9-8-35/h2-33,35H2,1H3. The smallest absolute Gasteiger partial charge is 0.305 e. The number of carbonyl (C=O) groups is 1. The van der Waals surface area contributed by atoms with Crippen LogP contribution in [-0.2, 0) is 66.4 Å². The van der Waals surface area contributed by atoms with E-state index in [2.05, 4.69) is 6.92 Å². The maximum absolute atomic E-state index is 11.6. The molecule has 0 radical (unpaired) electrons. The van der Waals surface area contributed by atoms with Crippen LogP contribution in [0.25, 0.3) is 0 Å². The second-order valence-electron chi connectivity index (χ2n) is 10.5. The van der Waals surface area contributed by atoms with Crippen molar-refractivity contribution in [3.05, 3.63) is 0 Å². The number of carbonyl (C=O) groups excluding carboxylic acids is 1. The first kappa shape index (κ1) is 48.0. The molecule has 0 heterocycles. The van der Waals surface area contributed by atoms with Crippen LogP contribution < -0.4 is 5.73 Å². The maximum Gasteiger partial charge on any atom is 0.305 e. The van der Waals surface area contributed by atoms with E-state index in [4.69, 9.17) is 67.3 Å². The molecule has 0 spiro atoms. The molecule has 0 saturated carbocycles. The topological polar surface area (TPSA) is 163 Å². The average molecular weight is 716 g/mol. The predicted octanol–water partition coefficient (Wildman–Crippen LogP) is 2.05.